The minimum Gasteiger partial charge on any atom is -0.326 e. The number of benzene rings is 1. The van der Waals surface area contributed by atoms with Gasteiger partial charge in [-0.2, -0.15) is 10.4 Å². The standard InChI is InChI=1S/C13H9FN4/c14-12-4-2-1-3-10(12)9-17-5-6-18-13(17)11(7-15)8-16-18/h1-6,8H,9H2. The van der Waals surface area contributed by atoms with Crippen molar-refractivity contribution < 1.29 is 4.39 Å². The van der Waals surface area contributed by atoms with Crippen molar-refractivity contribution in [1.82, 2.24) is 14.2 Å². The van der Waals surface area contributed by atoms with Gasteiger partial charge in [0.2, 0.25) is 0 Å². The Morgan fingerprint density at radius 2 is 2.11 bits per heavy atom. The molecule has 2 heterocycles. The van der Waals surface area contributed by atoms with E-state index in [-0.39, 0.29) is 5.82 Å². The highest BCUT2D eigenvalue weighted by molar-refractivity contribution is 5.55. The quantitative estimate of drug-likeness (QED) is 0.689. The van der Waals surface area contributed by atoms with E-state index in [0.717, 1.165) is 0 Å². The fourth-order valence-electron chi connectivity index (χ4n) is 1.98. The van der Waals surface area contributed by atoms with Crippen LogP contribution in [0.2, 0.25) is 0 Å². The third-order valence-electron chi connectivity index (χ3n) is 2.85. The second kappa shape index (κ2) is 4.00. The maximum atomic E-state index is 13.6. The molecule has 0 unspecified atom stereocenters. The normalized spacial score (nSPS) is 10.7. The van der Waals surface area contributed by atoms with E-state index < -0.39 is 0 Å². The average Bonchev–Trinajstić information content (AvgIpc) is 2.95. The zero-order valence-electron chi connectivity index (χ0n) is 9.42. The van der Waals surface area contributed by atoms with E-state index in [4.69, 9.17) is 5.26 Å². The lowest BCUT2D eigenvalue weighted by Crippen LogP contribution is -2.01. The molecule has 0 radical (unpaired) electrons. The second-order valence-electron chi connectivity index (χ2n) is 3.96. The SMILES string of the molecule is N#Cc1cnn2ccn(Cc3ccccc3F)c12. The van der Waals surface area contributed by atoms with Crippen molar-refractivity contribution in [3.63, 3.8) is 0 Å². The number of hydrogen-bond donors (Lipinski definition) is 0. The van der Waals surface area contributed by atoms with Crippen molar-refractivity contribution in [3.8, 4) is 6.07 Å². The Balaban J connectivity index is 2.08. The molecule has 0 fully saturated rings. The monoisotopic (exact) mass is 240 g/mol. The number of imidazole rings is 1. The smallest absolute Gasteiger partial charge is 0.154 e. The van der Waals surface area contributed by atoms with Crippen LogP contribution in [-0.4, -0.2) is 14.2 Å². The van der Waals surface area contributed by atoms with Crippen molar-refractivity contribution in [2.24, 2.45) is 0 Å². The predicted octanol–water partition coefficient (Wildman–Crippen LogP) is 2.19. The van der Waals surface area contributed by atoms with Gasteiger partial charge in [-0.1, -0.05) is 18.2 Å². The molecule has 88 valence electrons. The highest BCUT2D eigenvalue weighted by Gasteiger charge is 2.10. The molecule has 0 N–H and O–H groups in total. The van der Waals surface area contributed by atoms with Crippen LogP contribution < -0.4 is 0 Å². The Morgan fingerprint density at radius 3 is 2.89 bits per heavy atom. The number of aromatic nitrogens is 3. The first-order valence-corrected chi connectivity index (χ1v) is 5.45. The van der Waals surface area contributed by atoms with Crippen LogP contribution in [0.15, 0.2) is 42.9 Å². The van der Waals surface area contributed by atoms with Gasteiger partial charge in [0.15, 0.2) is 5.65 Å². The molecule has 0 aliphatic rings. The van der Waals surface area contributed by atoms with E-state index in [9.17, 15) is 4.39 Å². The molecule has 2 aromatic heterocycles. The van der Waals surface area contributed by atoms with Gasteiger partial charge >= 0.3 is 0 Å². The molecule has 0 atom stereocenters. The van der Waals surface area contributed by atoms with Crippen molar-refractivity contribution in [1.29, 1.82) is 5.26 Å². The van der Waals surface area contributed by atoms with Gasteiger partial charge in [0.25, 0.3) is 0 Å². The third-order valence-corrected chi connectivity index (χ3v) is 2.85. The van der Waals surface area contributed by atoms with Crippen molar-refractivity contribution in [2.45, 2.75) is 6.54 Å². The van der Waals surface area contributed by atoms with Crippen LogP contribution in [0.3, 0.4) is 0 Å². The van der Waals surface area contributed by atoms with E-state index in [1.54, 1.807) is 35.1 Å². The lowest BCUT2D eigenvalue weighted by molar-refractivity contribution is 0.601. The lowest BCUT2D eigenvalue weighted by atomic mass is 10.2. The van der Waals surface area contributed by atoms with Crippen LogP contribution in [0.25, 0.3) is 5.65 Å². The van der Waals surface area contributed by atoms with Gasteiger partial charge in [0, 0.05) is 18.0 Å². The maximum absolute atomic E-state index is 13.6. The molecule has 1 aromatic carbocycles. The summed E-state index contributed by atoms with van der Waals surface area (Å²) in [6.07, 6.45) is 5.04. The van der Waals surface area contributed by atoms with Gasteiger partial charge < -0.3 is 4.57 Å². The van der Waals surface area contributed by atoms with Crippen LogP contribution in [0, 0.1) is 17.1 Å². The molecule has 0 saturated carbocycles. The molecule has 0 saturated heterocycles. The molecule has 3 rings (SSSR count). The van der Waals surface area contributed by atoms with Crippen molar-refractivity contribution >= 4 is 5.65 Å². The highest BCUT2D eigenvalue weighted by Crippen LogP contribution is 2.14. The van der Waals surface area contributed by atoms with Crippen LogP contribution in [-0.2, 0) is 6.54 Å². The molecule has 0 aliphatic carbocycles. The molecule has 0 aliphatic heterocycles. The molecule has 4 nitrogen and oxygen atoms in total. The number of rotatable bonds is 2. The molecular formula is C13H9FN4. The topological polar surface area (TPSA) is 46.0 Å². The zero-order chi connectivity index (χ0) is 12.5. The first kappa shape index (κ1) is 10.5. The van der Waals surface area contributed by atoms with Gasteiger partial charge in [-0.05, 0) is 6.07 Å². The molecule has 0 bridgehead atoms. The molecule has 3 aromatic rings. The molecule has 0 amide bonds. The van der Waals surface area contributed by atoms with Gasteiger partial charge in [-0.15, -0.1) is 0 Å². The van der Waals surface area contributed by atoms with Crippen LogP contribution in [0.4, 0.5) is 4.39 Å². The van der Waals surface area contributed by atoms with E-state index >= 15 is 0 Å². The summed E-state index contributed by atoms with van der Waals surface area (Å²) in [5, 5.41) is 13.1. The van der Waals surface area contributed by atoms with Gasteiger partial charge in [-0.25, -0.2) is 8.91 Å². The van der Waals surface area contributed by atoms with E-state index in [0.29, 0.717) is 23.3 Å². The summed E-state index contributed by atoms with van der Waals surface area (Å²) >= 11 is 0. The zero-order valence-corrected chi connectivity index (χ0v) is 9.42. The fraction of sp³-hybridized carbons (Fsp3) is 0.0769. The third kappa shape index (κ3) is 1.55. The van der Waals surface area contributed by atoms with Gasteiger partial charge in [0.05, 0.1) is 12.7 Å². The first-order chi connectivity index (χ1) is 8.79. The van der Waals surface area contributed by atoms with Crippen LogP contribution in [0.5, 0.6) is 0 Å². The fourth-order valence-corrected chi connectivity index (χ4v) is 1.98. The van der Waals surface area contributed by atoms with Crippen LogP contribution in [0.1, 0.15) is 11.1 Å². The summed E-state index contributed by atoms with van der Waals surface area (Å²) in [7, 11) is 0. The minimum absolute atomic E-state index is 0.248. The summed E-state index contributed by atoms with van der Waals surface area (Å²) in [6, 6.07) is 8.69. The van der Waals surface area contributed by atoms with Crippen molar-refractivity contribution in [2.75, 3.05) is 0 Å². The van der Waals surface area contributed by atoms with E-state index in [2.05, 4.69) is 11.2 Å². The Hall–Kier alpha value is -2.61. The Bertz CT molecular complexity index is 748. The molecule has 0 spiro atoms. The first-order valence-electron chi connectivity index (χ1n) is 5.45. The van der Waals surface area contributed by atoms with E-state index in [1.807, 2.05) is 4.57 Å². The number of nitriles is 1. The van der Waals surface area contributed by atoms with Crippen LogP contribution >= 0.6 is 0 Å². The largest absolute Gasteiger partial charge is 0.326 e. The summed E-state index contributed by atoms with van der Waals surface area (Å²) in [6.45, 7) is 0.379. The van der Waals surface area contributed by atoms with Gasteiger partial charge in [-0.3, -0.25) is 0 Å². The number of halogens is 1. The van der Waals surface area contributed by atoms with E-state index in [1.165, 1.54) is 12.3 Å². The summed E-state index contributed by atoms with van der Waals surface area (Å²) in [5.41, 5.74) is 1.75. The number of fused-ring (bicyclic) bond motifs is 1. The predicted molar refractivity (Wildman–Crippen MR) is 63.4 cm³/mol. The van der Waals surface area contributed by atoms with Crippen molar-refractivity contribution in [3.05, 3.63) is 59.8 Å². The average molecular weight is 240 g/mol. The maximum Gasteiger partial charge on any atom is 0.154 e. The summed E-state index contributed by atoms with van der Waals surface area (Å²) < 4.78 is 17.0. The molecular weight excluding hydrogens is 231 g/mol. The second-order valence-corrected chi connectivity index (χ2v) is 3.96. The summed E-state index contributed by atoms with van der Waals surface area (Å²) in [5.74, 6) is -0.248. The Kier molecular flexibility index (Phi) is 2.34. The lowest BCUT2D eigenvalue weighted by Gasteiger charge is -2.05. The van der Waals surface area contributed by atoms with Gasteiger partial charge in [0.1, 0.15) is 17.4 Å². The Labute approximate surface area is 103 Å². The highest BCUT2D eigenvalue weighted by atomic mass is 19.1. The number of hydrogen-bond acceptors (Lipinski definition) is 2. The summed E-state index contributed by atoms with van der Waals surface area (Å²) in [4.78, 5) is 0. The molecule has 18 heavy (non-hydrogen) atoms. The number of nitrogens with zero attached hydrogens (tertiary/aromatic N) is 4. The Morgan fingerprint density at radius 1 is 1.28 bits per heavy atom. The minimum atomic E-state index is -0.248. The molecule has 5 heteroatoms.